The summed E-state index contributed by atoms with van der Waals surface area (Å²) in [5.74, 6) is 0.333. The fraction of sp³-hybridized carbons (Fsp3) is 0.409. The van der Waals surface area contributed by atoms with Crippen LogP contribution in [0, 0.1) is 19.8 Å². The average Bonchev–Trinajstić information content (AvgIpc) is 3.47. The molecular weight excluding hydrogens is 448 g/mol. The molecule has 1 amide bonds. The van der Waals surface area contributed by atoms with Crippen LogP contribution in [-0.4, -0.2) is 41.9 Å². The average molecular weight is 475 g/mol. The number of rotatable bonds is 6. The van der Waals surface area contributed by atoms with E-state index in [4.69, 9.17) is 4.52 Å². The zero-order valence-electron chi connectivity index (χ0n) is 18.3. The number of aryl methyl sites for hydroxylation is 2. The van der Waals surface area contributed by atoms with Gasteiger partial charge < -0.3 is 9.84 Å². The SMILES string of the molecule is CCc1nc(-c2csc(S(=O)(=O)N3CCC[C@H](C(=O)Nc4cccc(C)c4C)C3)c2)no1. The summed E-state index contributed by atoms with van der Waals surface area (Å²) in [6.07, 6.45) is 1.90. The van der Waals surface area contributed by atoms with Gasteiger partial charge in [-0.05, 0) is 49.9 Å². The van der Waals surface area contributed by atoms with Crippen LogP contribution in [0.4, 0.5) is 5.69 Å². The maximum atomic E-state index is 13.3. The van der Waals surface area contributed by atoms with Crippen molar-refractivity contribution >= 4 is 33.0 Å². The number of carbonyl (C=O) groups excluding carboxylic acids is 1. The van der Waals surface area contributed by atoms with Crippen molar-refractivity contribution in [3.8, 4) is 11.4 Å². The second-order valence-corrected chi connectivity index (χ2v) is 11.0. The van der Waals surface area contributed by atoms with Crippen LogP contribution in [0.25, 0.3) is 11.4 Å². The molecule has 8 nitrogen and oxygen atoms in total. The van der Waals surface area contributed by atoms with E-state index in [1.165, 1.54) is 4.31 Å². The van der Waals surface area contributed by atoms with Gasteiger partial charge in [-0.3, -0.25) is 4.79 Å². The van der Waals surface area contributed by atoms with Crippen molar-refractivity contribution in [2.24, 2.45) is 5.92 Å². The maximum absolute atomic E-state index is 13.3. The van der Waals surface area contributed by atoms with Gasteiger partial charge in [0.15, 0.2) is 0 Å². The van der Waals surface area contributed by atoms with E-state index in [2.05, 4.69) is 15.5 Å². The molecule has 0 unspecified atom stereocenters. The topological polar surface area (TPSA) is 105 Å². The highest BCUT2D eigenvalue weighted by Gasteiger charge is 2.34. The van der Waals surface area contributed by atoms with Crippen LogP contribution in [0.1, 0.15) is 36.8 Å². The van der Waals surface area contributed by atoms with Gasteiger partial charge in [0.05, 0.1) is 5.92 Å². The Morgan fingerprint density at radius 1 is 1.34 bits per heavy atom. The third-order valence-electron chi connectivity index (χ3n) is 5.82. The Labute approximate surface area is 191 Å². The first-order valence-corrected chi connectivity index (χ1v) is 12.9. The molecule has 0 radical (unpaired) electrons. The smallest absolute Gasteiger partial charge is 0.252 e. The molecule has 1 aliphatic rings. The highest BCUT2D eigenvalue weighted by atomic mass is 32.2. The minimum absolute atomic E-state index is 0.149. The number of carbonyl (C=O) groups is 1. The Morgan fingerprint density at radius 2 is 2.16 bits per heavy atom. The van der Waals surface area contributed by atoms with Crippen molar-refractivity contribution in [2.75, 3.05) is 18.4 Å². The molecule has 1 atom stereocenters. The van der Waals surface area contributed by atoms with E-state index in [0.717, 1.165) is 28.2 Å². The van der Waals surface area contributed by atoms with Gasteiger partial charge in [-0.2, -0.15) is 9.29 Å². The van der Waals surface area contributed by atoms with Crippen molar-refractivity contribution in [3.05, 3.63) is 46.7 Å². The van der Waals surface area contributed by atoms with Gasteiger partial charge in [0.1, 0.15) is 4.21 Å². The third kappa shape index (κ3) is 4.48. The normalized spacial score (nSPS) is 17.4. The molecule has 0 spiro atoms. The summed E-state index contributed by atoms with van der Waals surface area (Å²) in [6.45, 7) is 6.42. The second kappa shape index (κ2) is 9.13. The molecule has 32 heavy (non-hydrogen) atoms. The van der Waals surface area contributed by atoms with Crippen LogP contribution in [0.15, 0.2) is 38.4 Å². The van der Waals surface area contributed by atoms with Crippen LogP contribution in [0.5, 0.6) is 0 Å². The highest BCUT2D eigenvalue weighted by Crippen LogP contribution is 2.31. The van der Waals surface area contributed by atoms with Gasteiger partial charge in [0.2, 0.25) is 17.6 Å². The van der Waals surface area contributed by atoms with Gasteiger partial charge in [-0.1, -0.05) is 24.2 Å². The number of benzene rings is 1. The minimum atomic E-state index is -3.72. The summed E-state index contributed by atoms with van der Waals surface area (Å²) in [4.78, 5) is 17.2. The summed E-state index contributed by atoms with van der Waals surface area (Å²) in [5, 5.41) is 8.61. The molecule has 1 aromatic carbocycles. The Hall–Kier alpha value is -2.56. The standard InChI is InChI=1S/C22H26N4O4S2/c1-4-19-24-21(25-30-19)17-11-20(31-13-17)32(28,29)26-10-6-8-16(12-26)22(27)23-18-9-5-7-14(2)15(18)3/h5,7,9,11,13,16H,4,6,8,10,12H2,1-3H3,(H,23,27)/t16-/m0/s1. The monoisotopic (exact) mass is 474 g/mol. The molecule has 0 saturated carbocycles. The molecular formula is C22H26N4O4S2. The quantitative estimate of drug-likeness (QED) is 0.579. The lowest BCUT2D eigenvalue weighted by molar-refractivity contribution is -0.120. The Morgan fingerprint density at radius 3 is 2.91 bits per heavy atom. The van der Waals surface area contributed by atoms with Crippen LogP contribution in [0.2, 0.25) is 0 Å². The van der Waals surface area contributed by atoms with Crippen molar-refractivity contribution < 1.29 is 17.7 Å². The van der Waals surface area contributed by atoms with E-state index < -0.39 is 15.9 Å². The summed E-state index contributed by atoms with van der Waals surface area (Å²) in [7, 11) is -3.72. The summed E-state index contributed by atoms with van der Waals surface area (Å²) >= 11 is 1.13. The lowest BCUT2D eigenvalue weighted by atomic mass is 9.98. The number of sulfonamides is 1. The summed E-state index contributed by atoms with van der Waals surface area (Å²) in [6, 6.07) is 7.33. The molecule has 2 aromatic heterocycles. The second-order valence-electron chi connectivity index (χ2n) is 7.96. The Bertz CT molecular complexity index is 1230. The molecule has 1 aliphatic heterocycles. The predicted octanol–water partition coefficient (Wildman–Crippen LogP) is 4.02. The predicted molar refractivity (Wildman–Crippen MR) is 123 cm³/mol. The molecule has 0 aliphatic carbocycles. The fourth-order valence-electron chi connectivity index (χ4n) is 3.71. The number of hydrogen-bond donors (Lipinski definition) is 1. The van der Waals surface area contributed by atoms with E-state index in [1.54, 1.807) is 11.4 Å². The van der Waals surface area contributed by atoms with Crippen molar-refractivity contribution in [1.29, 1.82) is 0 Å². The van der Waals surface area contributed by atoms with Gasteiger partial charge in [-0.25, -0.2) is 8.42 Å². The van der Waals surface area contributed by atoms with E-state index in [1.807, 2.05) is 39.0 Å². The number of thiophene rings is 1. The number of nitrogens with zero attached hydrogens (tertiary/aromatic N) is 3. The van der Waals surface area contributed by atoms with Gasteiger partial charge in [0, 0.05) is 36.1 Å². The van der Waals surface area contributed by atoms with E-state index >= 15 is 0 Å². The molecule has 3 heterocycles. The van der Waals surface area contributed by atoms with Crippen LogP contribution < -0.4 is 5.32 Å². The van der Waals surface area contributed by atoms with Crippen molar-refractivity contribution in [3.63, 3.8) is 0 Å². The zero-order chi connectivity index (χ0) is 22.9. The van der Waals surface area contributed by atoms with E-state index in [0.29, 0.717) is 43.1 Å². The van der Waals surface area contributed by atoms with Gasteiger partial charge in [-0.15, -0.1) is 11.3 Å². The van der Waals surface area contributed by atoms with Crippen LogP contribution in [-0.2, 0) is 21.2 Å². The molecule has 4 rings (SSSR count). The number of hydrogen-bond acceptors (Lipinski definition) is 7. The minimum Gasteiger partial charge on any atom is -0.339 e. The summed E-state index contributed by atoms with van der Waals surface area (Å²) in [5.41, 5.74) is 3.49. The lowest BCUT2D eigenvalue weighted by Gasteiger charge is -2.31. The van der Waals surface area contributed by atoms with E-state index in [9.17, 15) is 13.2 Å². The lowest BCUT2D eigenvalue weighted by Crippen LogP contribution is -2.43. The van der Waals surface area contributed by atoms with Crippen LogP contribution in [0.3, 0.4) is 0 Å². The van der Waals surface area contributed by atoms with Gasteiger partial charge >= 0.3 is 0 Å². The fourth-order valence-corrected chi connectivity index (χ4v) is 6.54. The number of nitrogens with one attached hydrogen (secondary N) is 1. The molecule has 170 valence electrons. The first-order valence-electron chi connectivity index (χ1n) is 10.6. The first kappa shape index (κ1) is 22.6. The molecule has 3 aromatic rings. The molecule has 0 bridgehead atoms. The van der Waals surface area contributed by atoms with E-state index in [-0.39, 0.29) is 16.7 Å². The first-order chi connectivity index (χ1) is 15.3. The summed E-state index contributed by atoms with van der Waals surface area (Å²) < 4.78 is 33.3. The number of anilines is 1. The zero-order valence-corrected chi connectivity index (χ0v) is 19.9. The number of amides is 1. The van der Waals surface area contributed by atoms with Gasteiger partial charge in [0.25, 0.3) is 10.0 Å². The number of aromatic nitrogens is 2. The Balaban J connectivity index is 1.48. The molecule has 1 fully saturated rings. The molecule has 1 saturated heterocycles. The third-order valence-corrected chi connectivity index (χ3v) is 9.10. The molecule has 1 N–H and O–H groups in total. The number of piperidine rings is 1. The van der Waals surface area contributed by atoms with Crippen molar-refractivity contribution in [2.45, 2.75) is 44.2 Å². The Kier molecular flexibility index (Phi) is 6.45. The highest BCUT2D eigenvalue weighted by molar-refractivity contribution is 7.91. The van der Waals surface area contributed by atoms with Crippen LogP contribution >= 0.6 is 11.3 Å². The maximum Gasteiger partial charge on any atom is 0.252 e. The largest absolute Gasteiger partial charge is 0.339 e. The molecule has 10 heteroatoms. The van der Waals surface area contributed by atoms with Crippen molar-refractivity contribution in [1.82, 2.24) is 14.4 Å².